The second-order valence-electron chi connectivity index (χ2n) is 4.94. The van der Waals surface area contributed by atoms with Gasteiger partial charge >= 0.3 is 0 Å². The Bertz CT molecular complexity index is 384. The van der Waals surface area contributed by atoms with Gasteiger partial charge in [-0.05, 0) is 39.7 Å². The molecule has 1 aliphatic carbocycles. The van der Waals surface area contributed by atoms with E-state index in [0.29, 0.717) is 24.2 Å². The summed E-state index contributed by atoms with van der Waals surface area (Å²) < 4.78 is 11.4. The molecular formula is C13H21N3O2. The molecule has 2 unspecified atom stereocenters. The van der Waals surface area contributed by atoms with Gasteiger partial charge in [-0.3, -0.25) is 0 Å². The van der Waals surface area contributed by atoms with Crippen LogP contribution in [0.2, 0.25) is 0 Å². The van der Waals surface area contributed by atoms with Gasteiger partial charge in [0.15, 0.2) is 0 Å². The van der Waals surface area contributed by atoms with Crippen LogP contribution in [-0.2, 0) is 0 Å². The molecule has 2 atom stereocenters. The second-order valence-corrected chi connectivity index (χ2v) is 4.94. The van der Waals surface area contributed by atoms with Crippen molar-refractivity contribution < 1.29 is 9.47 Å². The first-order valence-electron chi connectivity index (χ1n) is 6.54. The Morgan fingerprint density at radius 2 is 2.11 bits per heavy atom. The van der Waals surface area contributed by atoms with Crippen LogP contribution in [0.1, 0.15) is 33.1 Å². The fourth-order valence-electron chi connectivity index (χ4n) is 2.28. The first-order valence-corrected chi connectivity index (χ1v) is 6.54. The smallest absolute Gasteiger partial charge is 0.220 e. The Balaban J connectivity index is 2.00. The lowest BCUT2D eigenvalue weighted by Crippen LogP contribution is -2.28. The second kappa shape index (κ2) is 6.00. The highest BCUT2D eigenvalue weighted by Gasteiger charge is 2.28. The summed E-state index contributed by atoms with van der Waals surface area (Å²) in [7, 11) is 0. The third-order valence-corrected chi connectivity index (χ3v) is 3.14. The summed E-state index contributed by atoms with van der Waals surface area (Å²) in [5.74, 6) is 1.57. The van der Waals surface area contributed by atoms with Crippen LogP contribution in [0, 0.1) is 5.92 Å². The van der Waals surface area contributed by atoms with E-state index in [4.69, 9.17) is 15.2 Å². The molecule has 100 valence electrons. The van der Waals surface area contributed by atoms with Crippen LogP contribution in [0.4, 0.5) is 0 Å². The molecule has 1 aromatic heterocycles. The Morgan fingerprint density at radius 1 is 1.33 bits per heavy atom. The lowest BCUT2D eigenvalue weighted by atomic mass is 10.1. The summed E-state index contributed by atoms with van der Waals surface area (Å²) >= 11 is 0. The van der Waals surface area contributed by atoms with Crippen LogP contribution < -0.4 is 15.2 Å². The average Bonchev–Trinajstić information content (AvgIpc) is 2.76. The van der Waals surface area contributed by atoms with Gasteiger partial charge in [0.1, 0.15) is 12.4 Å². The summed E-state index contributed by atoms with van der Waals surface area (Å²) in [6.07, 6.45) is 5.10. The highest BCUT2D eigenvalue weighted by Crippen LogP contribution is 2.28. The van der Waals surface area contributed by atoms with Crippen LogP contribution in [0.3, 0.4) is 0 Å². The van der Waals surface area contributed by atoms with Crippen LogP contribution in [0.5, 0.6) is 11.8 Å². The zero-order valence-electron chi connectivity index (χ0n) is 11.0. The van der Waals surface area contributed by atoms with E-state index in [0.717, 1.165) is 12.8 Å². The third-order valence-electron chi connectivity index (χ3n) is 3.14. The number of hydrogen-bond acceptors (Lipinski definition) is 5. The van der Waals surface area contributed by atoms with Crippen molar-refractivity contribution in [3.8, 4) is 11.8 Å². The van der Waals surface area contributed by atoms with E-state index < -0.39 is 0 Å². The van der Waals surface area contributed by atoms with Gasteiger partial charge in [0.05, 0.1) is 12.2 Å². The molecule has 2 N–H and O–H groups in total. The predicted molar refractivity (Wildman–Crippen MR) is 68.6 cm³/mol. The van der Waals surface area contributed by atoms with Gasteiger partial charge in [-0.25, -0.2) is 9.97 Å². The van der Waals surface area contributed by atoms with Crippen molar-refractivity contribution in [2.75, 3.05) is 6.54 Å². The summed E-state index contributed by atoms with van der Waals surface area (Å²) in [6.45, 7) is 4.60. The van der Waals surface area contributed by atoms with Crippen molar-refractivity contribution in [1.82, 2.24) is 9.97 Å². The monoisotopic (exact) mass is 251 g/mol. The van der Waals surface area contributed by atoms with Crippen molar-refractivity contribution >= 4 is 0 Å². The van der Waals surface area contributed by atoms with Gasteiger partial charge in [0.2, 0.25) is 11.8 Å². The maximum atomic E-state index is 5.89. The van der Waals surface area contributed by atoms with E-state index in [1.807, 2.05) is 13.8 Å². The first-order chi connectivity index (χ1) is 8.69. The van der Waals surface area contributed by atoms with Crippen molar-refractivity contribution in [3.05, 3.63) is 12.4 Å². The van der Waals surface area contributed by atoms with E-state index in [1.54, 1.807) is 6.07 Å². The van der Waals surface area contributed by atoms with Crippen LogP contribution in [0.25, 0.3) is 0 Å². The molecular weight excluding hydrogens is 230 g/mol. The minimum atomic E-state index is 0.0935. The average molecular weight is 251 g/mol. The number of nitrogens with zero attached hydrogens (tertiary/aromatic N) is 2. The van der Waals surface area contributed by atoms with Crippen LogP contribution in [0.15, 0.2) is 12.4 Å². The molecule has 0 radical (unpaired) electrons. The Kier molecular flexibility index (Phi) is 4.36. The van der Waals surface area contributed by atoms with Gasteiger partial charge in [0.25, 0.3) is 0 Å². The number of ether oxygens (including phenoxy) is 2. The molecule has 1 aromatic rings. The molecule has 1 saturated carbocycles. The molecule has 2 rings (SSSR count). The molecule has 18 heavy (non-hydrogen) atoms. The molecule has 0 aliphatic heterocycles. The van der Waals surface area contributed by atoms with Gasteiger partial charge in [-0.1, -0.05) is 0 Å². The molecule has 0 saturated heterocycles. The zero-order chi connectivity index (χ0) is 13.0. The SMILES string of the molecule is CC(C)Oc1cc(OC2CCCC2CN)ncn1. The Hall–Kier alpha value is -1.36. The molecule has 0 aromatic carbocycles. The third kappa shape index (κ3) is 3.32. The molecule has 0 amide bonds. The number of aromatic nitrogens is 2. The number of hydrogen-bond donors (Lipinski definition) is 1. The molecule has 5 nitrogen and oxygen atoms in total. The van der Waals surface area contributed by atoms with Crippen molar-refractivity contribution in [3.63, 3.8) is 0 Å². The standard InChI is InChI=1S/C13H21N3O2/c1-9(2)17-12-6-13(16-8-15-12)18-11-5-3-4-10(11)7-14/h6,8-11H,3-5,7,14H2,1-2H3. The summed E-state index contributed by atoms with van der Waals surface area (Å²) in [6, 6.07) is 1.74. The van der Waals surface area contributed by atoms with Crippen molar-refractivity contribution in [2.24, 2.45) is 11.7 Å². The van der Waals surface area contributed by atoms with E-state index in [-0.39, 0.29) is 12.2 Å². The van der Waals surface area contributed by atoms with Crippen LogP contribution in [-0.4, -0.2) is 28.7 Å². The van der Waals surface area contributed by atoms with E-state index >= 15 is 0 Å². The molecule has 1 aliphatic rings. The van der Waals surface area contributed by atoms with Gasteiger partial charge < -0.3 is 15.2 Å². The number of rotatable bonds is 5. The first kappa shape index (κ1) is 13.1. The van der Waals surface area contributed by atoms with Crippen LogP contribution >= 0.6 is 0 Å². The predicted octanol–water partition coefficient (Wildman–Crippen LogP) is 1.77. The molecule has 1 fully saturated rings. The zero-order valence-corrected chi connectivity index (χ0v) is 11.0. The van der Waals surface area contributed by atoms with Gasteiger partial charge in [-0.15, -0.1) is 0 Å². The van der Waals surface area contributed by atoms with E-state index in [2.05, 4.69) is 9.97 Å². The summed E-state index contributed by atoms with van der Waals surface area (Å²) in [5, 5.41) is 0. The molecule has 0 spiro atoms. The number of nitrogens with two attached hydrogens (primary N) is 1. The quantitative estimate of drug-likeness (QED) is 0.863. The van der Waals surface area contributed by atoms with Crippen molar-refractivity contribution in [1.29, 1.82) is 0 Å². The fourth-order valence-corrected chi connectivity index (χ4v) is 2.28. The van der Waals surface area contributed by atoms with Gasteiger partial charge in [-0.2, -0.15) is 0 Å². The minimum absolute atomic E-state index is 0.0935. The molecule has 5 heteroatoms. The Morgan fingerprint density at radius 3 is 2.83 bits per heavy atom. The highest BCUT2D eigenvalue weighted by atomic mass is 16.5. The van der Waals surface area contributed by atoms with Crippen molar-refractivity contribution in [2.45, 2.75) is 45.3 Å². The molecule has 1 heterocycles. The maximum absolute atomic E-state index is 5.89. The molecule has 0 bridgehead atoms. The lowest BCUT2D eigenvalue weighted by Gasteiger charge is -2.19. The topological polar surface area (TPSA) is 70.3 Å². The maximum Gasteiger partial charge on any atom is 0.220 e. The summed E-state index contributed by atoms with van der Waals surface area (Å²) in [5.41, 5.74) is 5.74. The highest BCUT2D eigenvalue weighted by molar-refractivity contribution is 5.18. The fraction of sp³-hybridized carbons (Fsp3) is 0.692. The van der Waals surface area contributed by atoms with E-state index in [9.17, 15) is 0 Å². The van der Waals surface area contributed by atoms with Gasteiger partial charge in [0, 0.05) is 5.92 Å². The summed E-state index contributed by atoms with van der Waals surface area (Å²) in [4.78, 5) is 8.18. The minimum Gasteiger partial charge on any atom is -0.475 e. The lowest BCUT2D eigenvalue weighted by molar-refractivity contribution is 0.153. The Labute approximate surface area is 108 Å². The largest absolute Gasteiger partial charge is 0.475 e. The van der Waals surface area contributed by atoms with E-state index in [1.165, 1.54) is 12.7 Å². The normalized spacial score (nSPS) is 23.3.